The van der Waals surface area contributed by atoms with Crippen molar-refractivity contribution >= 4 is 0 Å². The molecular formula is C12H22O2. The normalized spacial score (nSPS) is 42.4. The second-order valence-electron chi connectivity index (χ2n) is 5.26. The minimum absolute atomic E-state index is 0.142. The molecule has 2 saturated carbocycles. The molecule has 2 fully saturated rings. The molecule has 3 unspecified atom stereocenters. The molecule has 0 aliphatic heterocycles. The van der Waals surface area contributed by atoms with Crippen molar-refractivity contribution in [2.24, 2.45) is 11.8 Å². The van der Waals surface area contributed by atoms with Gasteiger partial charge in [0.05, 0.1) is 18.8 Å². The van der Waals surface area contributed by atoms with E-state index >= 15 is 0 Å². The van der Waals surface area contributed by atoms with E-state index in [0.29, 0.717) is 6.61 Å². The van der Waals surface area contributed by atoms with Gasteiger partial charge in [0.1, 0.15) is 0 Å². The molecule has 0 radical (unpaired) electrons. The number of aliphatic hydroxyl groups excluding tert-OH is 1. The van der Waals surface area contributed by atoms with Crippen molar-refractivity contribution in [1.29, 1.82) is 0 Å². The number of hydrogen-bond donors (Lipinski definition) is 1. The Morgan fingerprint density at radius 1 is 1.43 bits per heavy atom. The fourth-order valence-corrected chi connectivity index (χ4v) is 3.57. The Balaban J connectivity index is 1.99. The Morgan fingerprint density at radius 3 is 3.07 bits per heavy atom. The van der Waals surface area contributed by atoms with Crippen LogP contribution in [0.1, 0.15) is 45.4 Å². The first-order valence-electron chi connectivity index (χ1n) is 5.99. The van der Waals surface area contributed by atoms with Gasteiger partial charge in [-0.05, 0) is 37.5 Å². The van der Waals surface area contributed by atoms with E-state index < -0.39 is 0 Å². The van der Waals surface area contributed by atoms with E-state index in [1.807, 2.05) is 0 Å². The lowest BCUT2D eigenvalue weighted by atomic mass is 9.65. The standard InChI is InChI=1S/C12H22O2/c1-10-7-11-3-2-4-12(8-10,9-11)14-6-5-13/h10-11,13H,2-9H2,1H3. The highest BCUT2D eigenvalue weighted by Crippen LogP contribution is 2.47. The first kappa shape index (κ1) is 10.4. The molecular weight excluding hydrogens is 176 g/mol. The monoisotopic (exact) mass is 198 g/mol. The lowest BCUT2D eigenvalue weighted by Crippen LogP contribution is -2.44. The third-order valence-electron chi connectivity index (χ3n) is 3.86. The third-order valence-corrected chi connectivity index (χ3v) is 3.86. The second-order valence-corrected chi connectivity index (χ2v) is 5.26. The van der Waals surface area contributed by atoms with Crippen LogP contribution in [0.15, 0.2) is 0 Å². The Bertz CT molecular complexity index is 189. The molecule has 0 aromatic rings. The summed E-state index contributed by atoms with van der Waals surface area (Å²) in [6.45, 7) is 3.04. The zero-order valence-electron chi connectivity index (χ0n) is 9.17. The van der Waals surface area contributed by atoms with E-state index in [1.165, 1.54) is 38.5 Å². The topological polar surface area (TPSA) is 29.5 Å². The van der Waals surface area contributed by atoms with Gasteiger partial charge in [0.15, 0.2) is 0 Å². The summed E-state index contributed by atoms with van der Waals surface area (Å²) in [7, 11) is 0. The molecule has 0 heterocycles. The van der Waals surface area contributed by atoms with Crippen molar-refractivity contribution in [2.45, 2.75) is 51.0 Å². The molecule has 0 saturated heterocycles. The molecule has 14 heavy (non-hydrogen) atoms. The summed E-state index contributed by atoms with van der Waals surface area (Å²) in [6.07, 6.45) is 7.79. The summed E-state index contributed by atoms with van der Waals surface area (Å²) in [6, 6.07) is 0. The summed E-state index contributed by atoms with van der Waals surface area (Å²) < 4.78 is 5.91. The highest BCUT2D eigenvalue weighted by Gasteiger charge is 2.42. The molecule has 82 valence electrons. The molecule has 0 aromatic carbocycles. The first-order chi connectivity index (χ1) is 6.74. The van der Waals surface area contributed by atoms with Crippen LogP contribution in [-0.4, -0.2) is 23.9 Å². The van der Waals surface area contributed by atoms with Crippen LogP contribution in [-0.2, 0) is 4.74 Å². The van der Waals surface area contributed by atoms with Gasteiger partial charge in [-0.1, -0.05) is 19.8 Å². The lowest BCUT2D eigenvalue weighted by Gasteiger charge is -2.47. The number of ether oxygens (including phenoxy) is 1. The number of rotatable bonds is 3. The predicted molar refractivity (Wildman–Crippen MR) is 56.1 cm³/mol. The van der Waals surface area contributed by atoms with Crippen LogP contribution in [0.5, 0.6) is 0 Å². The Morgan fingerprint density at radius 2 is 2.29 bits per heavy atom. The summed E-state index contributed by atoms with van der Waals surface area (Å²) in [5.41, 5.74) is 0.142. The van der Waals surface area contributed by atoms with Gasteiger partial charge >= 0.3 is 0 Å². The van der Waals surface area contributed by atoms with Crippen LogP contribution in [0.3, 0.4) is 0 Å². The maximum atomic E-state index is 8.83. The van der Waals surface area contributed by atoms with Gasteiger partial charge in [-0.2, -0.15) is 0 Å². The van der Waals surface area contributed by atoms with Crippen LogP contribution in [0.4, 0.5) is 0 Å². The molecule has 2 bridgehead atoms. The molecule has 2 nitrogen and oxygen atoms in total. The predicted octanol–water partition coefficient (Wildman–Crippen LogP) is 2.35. The molecule has 2 aliphatic rings. The van der Waals surface area contributed by atoms with Crippen molar-refractivity contribution in [3.8, 4) is 0 Å². The first-order valence-corrected chi connectivity index (χ1v) is 5.99. The third kappa shape index (κ3) is 2.12. The molecule has 2 rings (SSSR count). The van der Waals surface area contributed by atoms with Crippen LogP contribution in [0, 0.1) is 11.8 Å². The fraction of sp³-hybridized carbons (Fsp3) is 1.00. The van der Waals surface area contributed by atoms with Gasteiger partial charge in [-0.3, -0.25) is 0 Å². The minimum Gasteiger partial charge on any atom is -0.394 e. The summed E-state index contributed by atoms with van der Waals surface area (Å²) in [5.74, 6) is 1.71. The average Bonchev–Trinajstić information content (AvgIpc) is 2.14. The highest BCUT2D eigenvalue weighted by atomic mass is 16.5. The molecule has 3 atom stereocenters. The van der Waals surface area contributed by atoms with Crippen molar-refractivity contribution < 1.29 is 9.84 Å². The SMILES string of the molecule is CC1CC2CCCC(OCCO)(C1)C2. The van der Waals surface area contributed by atoms with Crippen molar-refractivity contribution in [3.63, 3.8) is 0 Å². The highest BCUT2D eigenvalue weighted by molar-refractivity contribution is 4.94. The molecule has 2 aliphatic carbocycles. The van der Waals surface area contributed by atoms with E-state index in [1.54, 1.807) is 0 Å². The summed E-state index contributed by atoms with van der Waals surface area (Å²) in [4.78, 5) is 0. The van der Waals surface area contributed by atoms with Gasteiger partial charge in [0, 0.05) is 0 Å². The van der Waals surface area contributed by atoms with Gasteiger partial charge < -0.3 is 9.84 Å². The van der Waals surface area contributed by atoms with E-state index in [2.05, 4.69) is 6.92 Å². The minimum atomic E-state index is 0.142. The Kier molecular flexibility index (Phi) is 3.13. The fourth-order valence-electron chi connectivity index (χ4n) is 3.57. The van der Waals surface area contributed by atoms with Gasteiger partial charge in [0.25, 0.3) is 0 Å². The molecule has 0 aromatic heterocycles. The maximum Gasteiger partial charge on any atom is 0.0705 e. The zero-order chi connectivity index (χ0) is 10.0. The largest absolute Gasteiger partial charge is 0.394 e. The Hall–Kier alpha value is -0.0800. The summed E-state index contributed by atoms with van der Waals surface area (Å²) >= 11 is 0. The molecule has 1 N–H and O–H groups in total. The van der Waals surface area contributed by atoms with Gasteiger partial charge in [-0.15, -0.1) is 0 Å². The quantitative estimate of drug-likeness (QED) is 0.754. The van der Waals surface area contributed by atoms with E-state index in [9.17, 15) is 0 Å². The number of aliphatic hydroxyl groups is 1. The van der Waals surface area contributed by atoms with Crippen LogP contribution < -0.4 is 0 Å². The second kappa shape index (κ2) is 4.19. The molecule has 0 amide bonds. The smallest absolute Gasteiger partial charge is 0.0705 e. The van der Waals surface area contributed by atoms with Crippen LogP contribution in [0.2, 0.25) is 0 Å². The van der Waals surface area contributed by atoms with E-state index in [0.717, 1.165) is 11.8 Å². The number of fused-ring (bicyclic) bond motifs is 2. The van der Waals surface area contributed by atoms with Crippen molar-refractivity contribution in [3.05, 3.63) is 0 Å². The van der Waals surface area contributed by atoms with E-state index in [-0.39, 0.29) is 12.2 Å². The van der Waals surface area contributed by atoms with Crippen molar-refractivity contribution in [2.75, 3.05) is 13.2 Å². The summed E-state index contributed by atoms with van der Waals surface area (Å²) in [5, 5.41) is 8.83. The zero-order valence-corrected chi connectivity index (χ0v) is 9.17. The van der Waals surface area contributed by atoms with Crippen molar-refractivity contribution in [1.82, 2.24) is 0 Å². The van der Waals surface area contributed by atoms with Gasteiger partial charge in [-0.25, -0.2) is 0 Å². The number of hydrogen-bond acceptors (Lipinski definition) is 2. The van der Waals surface area contributed by atoms with Gasteiger partial charge in [0.2, 0.25) is 0 Å². The maximum absolute atomic E-state index is 8.83. The Labute approximate surface area is 86.6 Å². The lowest BCUT2D eigenvalue weighted by molar-refractivity contribution is -0.124. The average molecular weight is 198 g/mol. The molecule has 2 heteroatoms. The molecule has 0 spiro atoms. The van der Waals surface area contributed by atoms with E-state index in [4.69, 9.17) is 9.84 Å². The van der Waals surface area contributed by atoms with Crippen LogP contribution >= 0.6 is 0 Å². The van der Waals surface area contributed by atoms with Crippen LogP contribution in [0.25, 0.3) is 0 Å².